The van der Waals surface area contributed by atoms with Gasteiger partial charge in [0.05, 0.1) is 6.10 Å². The van der Waals surface area contributed by atoms with Gasteiger partial charge in [-0.3, -0.25) is 0 Å². The summed E-state index contributed by atoms with van der Waals surface area (Å²) in [5.74, 6) is 0. The number of aldehydes is 1. The summed E-state index contributed by atoms with van der Waals surface area (Å²) >= 11 is 0. The van der Waals surface area contributed by atoms with Crippen LogP contribution in [0.1, 0.15) is 6.92 Å². The van der Waals surface area contributed by atoms with E-state index in [-0.39, 0.29) is 48.9 Å². The van der Waals surface area contributed by atoms with E-state index < -0.39 is 12.2 Å². The number of carbonyl (C=O) groups excluding carboxylic acids is 1. The van der Waals surface area contributed by atoms with Crippen molar-refractivity contribution in [1.29, 1.82) is 0 Å². The molecule has 0 saturated carbocycles. The van der Waals surface area contributed by atoms with E-state index in [1.54, 1.807) is 0 Å². The first-order chi connectivity index (χ1) is 3.72. The summed E-state index contributed by atoms with van der Waals surface area (Å²) < 4.78 is 4.54. The molecular formula is C5H12BaO3. The van der Waals surface area contributed by atoms with Crippen LogP contribution in [0.5, 0.6) is 0 Å². The van der Waals surface area contributed by atoms with Gasteiger partial charge in [0.15, 0.2) is 6.29 Å². The molecule has 0 radical (unpaired) electrons. The number of aliphatic hydroxyl groups excluding tert-OH is 1. The van der Waals surface area contributed by atoms with Gasteiger partial charge in [0.1, 0.15) is 6.10 Å². The van der Waals surface area contributed by atoms with Crippen LogP contribution < -0.4 is 0 Å². The molecule has 0 heterocycles. The van der Waals surface area contributed by atoms with Crippen LogP contribution in [0.15, 0.2) is 0 Å². The minimum atomic E-state index is -0.711. The van der Waals surface area contributed by atoms with E-state index in [2.05, 4.69) is 4.74 Å². The van der Waals surface area contributed by atoms with E-state index in [1.165, 1.54) is 14.0 Å². The maximum absolute atomic E-state index is 9.89. The first kappa shape index (κ1) is 12.8. The van der Waals surface area contributed by atoms with Crippen molar-refractivity contribution in [2.24, 2.45) is 0 Å². The van der Waals surface area contributed by atoms with Gasteiger partial charge in [-0.05, 0) is 6.92 Å². The van der Waals surface area contributed by atoms with E-state index >= 15 is 0 Å². The number of hydrogen-bond donors (Lipinski definition) is 1. The van der Waals surface area contributed by atoms with Gasteiger partial charge in [0.2, 0.25) is 0 Å². The Labute approximate surface area is 94.8 Å². The number of aliphatic hydroxyl groups is 1. The molecule has 0 amide bonds. The summed E-state index contributed by atoms with van der Waals surface area (Å²) in [6.07, 6.45) is -0.808. The second-order valence-electron chi connectivity index (χ2n) is 1.58. The second-order valence-corrected chi connectivity index (χ2v) is 1.58. The van der Waals surface area contributed by atoms with Gasteiger partial charge in [0, 0.05) is 7.11 Å². The Kier molecular flexibility index (Phi) is 10.3. The van der Waals surface area contributed by atoms with Gasteiger partial charge in [-0.1, -0.05) is 0 Å². The molecule has 52 valence electrons. The van der Waals surface area contributed by atoms with Crippen molar-refractivity contribution in [3.05, 3.63) is 0 Å². The van der Waals surface area contributed by atoms with Gasteiger partial charge >= 0.3 is 48.9 Å². The summed E-state index contributed by atoms with van der Waals surface area (Å²) in [7, 11) is 1.38. The molecule has 0 fully saturated rings. The zero-order chi connectivity index (χ0) is 6.57. The van der Waals surface area contributed by atoms with Crippen molar-refractivity contribution >= 4 is 55.2 Å². The van der Waals surface area contributed by atoms with Crippen LogP contribution in [-0.2, 0) is 9.53 Å². The summed E-state index contributed by atoms with van der Waals surface area (Å²) in [5, 5.41) is 8.66. The van der Waals surface area contributed by atoms with Crippen LogP contribution in [0.3, 0.4) is 0 Å². The van der Waals surface area contributed by atoms with E-state index in [9.17, 15) is 4.79 Å². The van der Waals surface area contributed by atoms with Crippen molar-refractivity contribution in [2.45, 2.75) is 19.1 Å². The number of rotatable bonds is 3. The first-order valence-electron chi connectivity index (χ1n) is 2.38. The Balaban J connectivity index is 0. The molecule has 0 aromatic carbocycles. The predicted octanol–water partition coefficient (Wildman–Crippen LogP) is -1.34. The normalized spacial score (nSPS) is 15.4. The summed E-state index contributed by atoms with van der Waals surface area (Å²) in [6.45, 7) is 1.50. The number of hydrogen-bond acceptors (Lipinski definition) is 3. The molecule has 4 heteroatoms. The fraction of sp³-hybridized carbons (Fsp3) is 0.800. The minimum absolute atomic E-state index is 0. The fourth-order valence-corrected chi connectivity index (χ4v) is 0.366. The molecule has 0 aliphatic heterocycles. The molecule has 0 bridgehead atoms. The molecule has 0 saturated heterocycles. The Morgan fingerprint density at radius 1 is 1.67 bits per heavy atom. The zero-order valence-electron chi connectivity index (χ0n) is 5.00. The Morgan fingerprint density at radius 2 is 2.11 bits per heavy atom. The van der Waals surface area contributed by atoms with Crippen LogP contribution in [0.2, 0.25) is 0 Å². The Morgan fingerprint density at radius 3 is 2.11 bits per heavy atom. The van der Waals surface area contributed by atoms with Gasteiger partial charge < -0.3 is 14.6 Å². The van der Waals surface area contributed by atoms with Crippen molar-refractivity contribution in [2.75, 3.05) is 7.11 Å². The van der Waals surface area contributed by atoms with Crippen molar-refractivity contribution < 1.29 is 14.6 Å². The number of ether oxygens (including phenoxy) is 1. The van der Waals surface area contributed by atoms with Crippen LogP contribution in [0, 0.1) is 0 Å². The third kappa shape index (κ3) is 5.60. The molecule has 0 aliphatic carbocycles. The van der Waals surface area contributed by atoms with Crippen LogP contribution >= 0.6 is 0 Å². The molecule has 1 N–H and O–H groups in total. The van der Waals surface area contributed by atoms with E-state index in [0.29, 0.717) is 6.29 Å². The predicted molar refractivity (Wildman–Crippen MR) is 37.1 cm³/mol. The van der Waals surface area contributed by atoms with Gasteiger partial charge in [-0.2, -0.15) is 0 Å². The third-order valence-corrected chi connectivity index (χ3v) is 0.882. The third-order valence-electron chi connectivity index (χ3n) is 0.882. The molecule has 2 unspecified atom stereocenters. The van der Waals surface area contributed by atoms with E-state index in [4.69, 9.17) is 5.11 Å². The number of carbonyl (C=O) groups is 1. The average Bonchev–Trinajstić information content (AvgIpc) is 1.69. The average molecular weight is 257 g/mol. The van der Waals surface area contributed by atoms with Gasteiger partial charge in [-0.25, -0.2) is 0 Å². The van der Waals surface area contributed by atoms with Crippen molar-refractivity contribution in [3.63, 3.8) is 0 Å². The summed E-state index contributed by atoms with van der Waals surface area (Å²) in [4.78, 5) is 9.89. The summed E-state index contributed by atoms with van der Waals surface area (Å²) in [6, 6.07) is 0. The second kappa shape index (κ2) is 7.27. The molecule has 3 nitrogen and oxygen atoms in total. The van der Waals surface area contributed by atoms with Crippen molar-refractivity contribution in [1.82, 2.24) is 0 Å². The molecule has 0 spiro atoms. The van der Waals surface area contributed by atoms with Crippen LogP contribution in [0.25, 0.3) is 0 Å². The Bertz CT molecular complexity index is 74.6. The summed E-state index contributed by atoms with van der Waals surface area (Å²) in [5.41, 5.74) is 0. The van der Waals surface area contributed by atoms with Crippen LogP contribution in [-0.4, -0.2) is 79.6 Å². The monoisotopic (exact) mass is 258 g/mol. The van der Waals surface area contributed by atoms with E-state index in [1.807, 2.05) is 0 Å². The van der Waals surface area contributed by atoms with Crippen molar-refractivity contribution in [3.8, 4) is 0 Å². The zero-order valence-corrected chi connectivity index (χ0v) is 5.00. The van der Waals surface area contributed by atoms with Crippen LogP contribution in [0.4, 0.5) is 0 Å². The molecule has 0 aliphatic rings. The van der Waals surface area contributed by atoms with E-state index in [0.717, 1.165) is 0 Å². The topological polar surface area (TPSA) is 46.5 Å². The van der Waals surface area contributed by atoms with Gasteiger partial charge in [0.25, 0.3) is 0 Å². The molecular weight excluding hydrogens is 245 g/mol. The first-order valence-corrected chi connectivity index (χ1v) is 2.38. The van der Waals surface area contributed by atoms with Gasteiger partial charge in [-0.15, -0.1) is 0 Å². The molecule has 0 aromatic rings. The SMILES string of the molecule is COC(C=O)C(C)O.[BaH2]. The number of methoxy groups -OCH3 is 1. The fourth-order valence-electron chi connectivity index (χ4n) is 0.366. The molecule has 0 rings (SSSR count). The Hall–Kier alpha value is 1.16. The maximum atomic E-state index is 9.89. The molecule has 0 aromatic heterocycles. The molecule has 2 atom stereocenters. The molecule has 9 heavy (non-hydrogen) atoms. The quantitative estimate of drug-likeness (QED) is 0.503. The standard InChI is InChI=1S/C5H10O3.Ba.2H/c1-4(7)5(3-6)8-2;;;/h3-5,7H,1-2H3;;;.